The maximum Gasteiger partial charge on any atom is 0.0522 e. The van der Waals surface area contributed by atoms with Crippen LogP contribution < -0.4 is 0 Å². The zero-order valence-corrected chi connectivity index (χ0v) is 8.37. The summed E-state index contributed by atoms with van der Waals surface area (Å²) < 4.78 is 0. The summed E-state index contributed by atoms with van der Waals surface area (Å²) in [4.78, 5) is 1.39. The molecule has 12 heavy (non-hydrogen) atoms. The Balaban J connectivity index is 2.23. The van der Waals surface area contributed by atoms with E-state index in [1.165, 1.54) is 23.3 Å². The monoisotopic (exact) mass is 198 g/mol. The van der Waals surface area contributed by atoms with E-state index < -0.39 is 0 Å². The van der Waals surface area contributed by atoms with Crippen molar-refractivity contribution >= 4 is 28.5 Å². The Hall–Kier alpha value is -0.270. The second-order valence-electron chi connectivity index (χ2n) is 3.08. The van der Waals surface area contributed by atoms with Crippen molar-refractivity contribution in [3.63, 3.8) is 0 Å². The van der Waals surface area contributed by atoms with Crippen LogP contribution in [0, 0.1) is 0 Å². The molecule has 1 aliphatic carbocycles. The molecule has 1 unspecified atom stereocenters. The van der Waals surface area contributed by atoms with E-state index in [4.69, 9.17) is 11.6 Å². The predicted molar refractivity (Wildman–Crippen MR) is 55.8 cm³/mol. The third kappa shape index (κ3) is 1.73. The molecule has 0 fully saturated rings. The van der Waals surface area contributed by atoms with E-state index >= 15 is 0 Å². The second kappa shape index (κ2) is 3.63. The molecule has 2 heteroatoms. The van der Waals surface area contributed by atoms with E-state index in [1.807, 2.05) is 0 Å². The number of hydrogen-bond acceptors (Lipinski definition) is 1. The molecule has 0 saturated heterocycles. The number of hydrogen-bond donors (Lipinski definition) is 0. The summed E-state index contributed by atoms with van der Waals surface area (Å²) in [5.41, 5.74) is 1.44. The first-order valence-corrected chi connectivity index (χ1v) is 5.56. The molecule has 0 saturated carbocycles. The van der Waals surface area contributed by atoms with E-state index in [1.54, 1.807) is 11.3 Å². The fourth-order valence-electron chi connectivity index (χ4n) is 1.54. The number of allylic oxidation sites excluding steroid dienone is 2. The fourth-order valence-corrected chi connectivity index (χ4v) is 2.63. The average Bonchev–Trinajstić information content (AvgIpc) is 2.56. The maximum atomic E-state index is 6.06. The molecule has 0 amide bonds. The Morgan fingerprint density at radius 3 is 3.08 bits per heavy atom. The quantitative estimate of drug-likeness (QED) is 0.600. The summed E-state index contributed by atoms with van der Waals surface area (Å²) in [7, 11) is 0. The molecule has 0 radical (unpaired) electrons. The van der Waals surface area contributed by atoms with Crippen LogP contribution in [0.2, 0.25) is 0 Å². The van der Waals surface area contributed by atoms with Crippen LogP contribution in [0.15, 0.2) is 23.6 Å². The SMILES string of the molecule is ClC1C=C(c2cccs2)CCC1. The van der Waals surface area contributed by atoms with E-state index in [0.29, 0.717) is 0 Å². The summed E-state index contributed by atoms with van der Waals surface area (Å²) in [6.45, 7) is 0. The Kier molecular flexibility index (Phi) is 2.52. The zero-order valence-electron chi connectivity index (χ0n) is 6.79. The molecule has 64 valence electrons. The van der Waals surface area contributed by atoms with Crippen molar-refractivity contribution in [3.8, 4) is 0 Å². The van der Waals surface area contributed by atoms with Crippen molar-refractivity contribution in [1.29, 1.82) is 0 Å². The van der Waals surface area contributed by atoms with Crippen LogP contribution in [-0.4, -0.2) is 5.38 Å². The molecule has 0 spiro atoms. The minimum atomic E-state index is 0.260. The molecule has 0 N–H and O–H groups in total. The molecule has 0 aromatic carbocycles. The van der Waals surface area contributed by atoms with Gasteiger partial charge in [0.15, 0.2) is 0 Å². The van der Waals surface area contributed by atoms with Gasteiger partial charge < -0.3 is 0 Å². The van der Waals surface area contributed by atoms with Crippen LogP contribution in [-0.2, 0) is 0 Å². The summed E-state index contributed by atoms with van der Waals surface area (Å²) in [6, 6.07) is 4.27. The topological polar surface area (TPSA) is 0 Å². The first-order valence-electron chi connectivity index (χ1n) is 4.25. The standard InChI is InChI=1S/C10H11ClS/c11-9-4-1-3-8(7-9)10-5-2-6-12-10/h2,5-7,9H,1,3-4H2. The van der Waals surface area contributed by atoms with Crippen molar-refractivity contribution in [1.82, 2.24) is 0 Å². The fraction of sp³-hybridized carbons (Fsp3) is 0.400. The van der Waals surface area contributed by atoms with Crippen LogP contribution in [0.25, 0.3) is 5.57 Å². The van der Waals surface area contributed by atoms with Gasteiger partial charge in [-0.25, -0.2) is 0 Å². The largest absolute Gasteiger partial charge is 0.144 e. The molecular formula is C10H11ClS. The van der Waals surface area contributed by atoms with Gasteiger partial charge in [-0.1, -0.05) is 12.1 Å². The second-order valence-corrected chi connectivity index (χ2v) is 4.59. The average molecular weight is 199 g/mol. The Morgan fingerprint density at radius 1 is 1.50 bits per heavy atom. The Bertz CT molecular complexity index is 274. The molecule has 1 atom stereocenters. The van der Waals surface area contributed by atoms with Crippen LogP contribution >= 0.6 is 22.9 Å². The summed E-state index contributed by atoms with van der Waals surface area (Å²) in [6.07, 6.45) is 5.77. The smallest absolute Gasteiger partial charge is 0.0522 e. The highest BCUT2D eigenvalue weighted by molar-refractivity contribution is 7.11. The summed E-state index contributed by atoms with van der Waals surface area (Å²) in [5, 5.41) is 2.38. The van der Waals surface area contributed by atoms with Crippen LogP contribution in [0.4, 0.5) is 0 Å². The lowest BCUT2D eigenvalue weighted by atomic mass is 9.98. The Morgan fingerprint density at radius 2 is 2.42 bits per heavy atom. The third-order valence-electron chi connectivity index (χ3n) is 2.15. The van der Waals surface area contributed by atoms with Crippen molar-refractivity contribution in [2.75, 3.05) is 0 Å². The first-order chi connectivity index (χ1) is 5.86. The molecule has 2 rings (SSSR count). The van der Waals surface area contributed by atoms with E-state index in [-0.39, 0.29) is 5.38 Å². The lowest BCUT2D eigenvalue weighted by molar-refractivity contribution is 0.749. The molecule has 0 nitrogen and oxygen atoms in total. The minimum absolute atomic E-state index is 0.260. The van der Waals surface area contributed by atoms with Gasteiger partial charge in [0.25, 0.3) is 0 Å². The number of thiophene rings is 1. The van der Waals surface area contributed by atoms with E-state index in [9.17, 15) is 0 Å². The van der Waals surface area contributed by atoms with Crippen molar-refractivity contribution < 1.29 is 0 Å². The molecule has 1 aromatic rings. The van der Waals surface area contributed by atoms with E-state index in [0.717, 1.165) is 6.42 Å². The predicted octanol–water partition coefficient (Wildman–Crippen LogP) is 3.92. The van der Waals surface area contributed by atoms with Gasteiger partial charge in [0.1, 0.15) is 0 Å². The molecule has 1 heterocycles. The molecule has 0 aliphatic heterocycles. The third-order valence-corrected chi connectivity index (χ3v) is 3.44. The lowest BCUT2D eigenvalue weighted by Gasteiger charge is -2.14. The van der Waals surface area contributed by atoms with Gasteiger partial charge in [-0.2, -0.15) is 0 Å². The van der Waals surface area contributed by atoms with Gasteiger partial charge in [-0.15, -0.1) is 22.9 Å². The first kappa shape index (κ1) is 8.33. The normalized spacial score (nSPS) is 23.8. The van der Waals surface area contributed by atoms with Crippen molar-refractivity contribution in [3.05, 3.63) is 28.5 Å². The van der Waals surface area contributed by atoms with E-state index in [2.05, 4.69) is 23.6 Å². The molecule has 1 aliphatic rings. The van der Waals surface area contributed by atoms with Gasteiger partial charge in [0.2, 0.25) is 0 Å². The van der Waals surface area contributed by atoms with Gasteiger partial charge in [-0.3, -0.25) is 0 Å². The highest BCUT2D eigenvalue weighted by Gasteiger charge is 2.12. The highest BCUT2D eigenvalue weighted by Crippen LogP contribution is 2.31. The van der Waals surface area contributed by atoms with Crippen molar-refractivity contribution in [2.24, 2.45) is 0 Å². The number of alkyl halides is 1. The molecule has 1 aromatic heterocycles. The van der Waals surface area contributed by atoms with Gasteiger partial charge in [-0.05, 0) is 36.3 Å². The van der Waals surface area contributed by atoms with Gasteiger partial charge in [0, 0.05) is 4.88 Å². The number of halogens is 1. The molecular weight excluding hydrogens is 188 g/mol. The number of rotatable bonds is 1. The van der Waals surface area contributed by atoms with Gasteiger partial charge in [0.05, 0.1) is 5.38 Å². The van der Waals surface area contributed by atoms with Crippen LogP contribution in [0.3, 0.4) is 0 Å². The van der Waals surface area contributed by atoms with Crippen LogP contribution in [0.5, 0.6) is 0 Å². The van der Waals surface area contributed by atoms with Gasteiger partial charge >= 0.3 is 0 Å². The zero-order chi connectivity index (χ0) is 8.39. The van der Waals surface area contributed by atoms with Crippen LogP contribution in [0.1, 0.15) is 24.1 Å². The summed E-state index contributed by atoms with van der Waals surface area (Å²) in [5.74, 6) is 0. The summed E-state index contributed by atoms with van der Waals surface area (Å²) >= 11 is 7.86. The maximum absolute atomic E-state index is 6.06. The van der Waals surface area contributed by atoms with Crippen molar-refractivity contribution in [2.45, 2.75) is 24.6 Å². The molecule has 0 bridgehead atoms. The highest BCUT2D eigenvalue weighted by atomic mass is 35.5. The minimum Gasteiger partial charge on any atom is -0.144 e. The lowest BCUT2D eigenvalue weighted by Crippen LogP contribution is -2.01. The Labute approximate surface area is 81.9 Å².